The van der Waals surface area contributed by atoms with Gasteiger partial charge >= 0.3 is 0 Å². The summed E-state index contributed by atoms with van der Waals surface area (Å²) in [6, 6.07) is 16.7. The second-order valence-electron chi connectivity index (χ2n) is 20.3. The summed E-state index contributed by atoms with van der Waals surface area (Å²) in [7, 11) is 0. The molecule has 0 saturated heterocycles. The molecule has 6 aliphatic carbocycles. The fourth-order valence-electron chi connectivity index (χ4n) is 15.7. The van der Waals surface area contributed by atoms with Gasteiger partial charge in [-0.1, -0.05) is 85.2 Å². The molecule has 7 N–H and O–H groups in total. The van der Waals surface area contributed by atoms with E-state index in [0.29, 0.717) is 59.3 Å². The highest BCUT2D eigenvalue weighted by Crippen LogP contribution is 2.78. The highest BCUT2D eigenvalue weighted by Gasteiger charge is 2.77. The van der Waals surface area contributed by atoms with Crippen LogP contribution in [0.5, 0.6) is 28.7 Å². The molecule has 2 heterocycles. The van der Waals surface area contributed by atoms with Crippen LogP contribution in [0.1, 0.15) is 104 Å². The summed E-state index contributed by atoms with van der Waals surface area (Å²) in [5, 5.41) is 71.3. The number of benzene rings is 4. The van der Waals surface area contributed by atoms with Crippen LogP contribution in [0.2, 0.25) is 0 Å². The molecular formula is C54H57N3O6. The Hall–Kier alpha value is -5.38. The number of rotatable bonds is 6. The molecule has 0 bridgehead atoms. The number of aliphatic imine (C=N–C) groups is 2. The summed E-state index contributed by atoms with van der Waals surface area (Å²) >= 11 is 0. The molecule has 9 nitrogen and oxygen atoms in total. The Bertz CT molecular complexity index is 2730. The smallest absolute Gasteiger partial charge is 0.169 e. The number of hydrogen-bond acceptors (Lipinski definition) is 9. The number of allylic oxidation sites excluding steroid dienone is 1. The number of phenolic OH excluding ortho intramolecular Hbond substituents is 5. The minimum atomic E-state index is -0.506. The van der Waals surface area contributed by atoms with Gasteiger partial charge in [0.25, 0.3) is 0 Å². The summed E-state index contributed by atoms with van der Waals surface area (Å²) in [6.45, 7) is 0.486. The second kappa shape index (κ2) is 14.3. The van der Waals surface area contributed by atoms with Crippen molar-refractivity contribution in [3.05, 3.63) is 112 Å². The van der Waals surface area contributed by atoms with Crippen molar-refractivity contribution in [1.82, 2.24) is 5.32 Å². The first-order chi connectivity index (χ1) is 30.6. The van der Waals surface area contributed by atoms with Gasteiger partial charge in [-0.05, 0) is 151 Å². The van der Waals surface area contributed by atoms with Gasteiger partial charge in [-0.15, -0.1) is 0 Å². The summed E-state index contributed by atoms with van der Waals surface area (Å²) in [4.78, 5) is 10.1. The topological polar surface area (TPSA) is 158 Å². The first-order valence-electron chi connectivity index (χ1n) is 23.5. The quantitative estimate of drug-likeness (QED) is 0.0579. The minimum absolute atomic E-state index is 0.0774. The van der Waals surface area contributed by atoms with Gasteiger partial charge in [0, 0.05) is 29.2 Å². The van der Waals surface area contributed by atoms with Gasteiger partial charge in [0.1, 0.15) is 12.4 Å². The van der Waals surface area contributed by atoms with Crippen molar-refractivity contribution in [1.29, 1.82) is 0 Å². The molecule has 0 aromatic heterocycles. The number of hydrogen-bond donors (Lipinski definition) is 7. The Morgan fingerprint density at radius 2 is 1.70 bits per heavy atom. The maximum absolute atomic E-state index is 12.5. The molecular weight excluding hydrogens is 787 g/mol. The van der Waals surface area contributed by atoms with Crippen molar-refractivity contribution >= 4 is 34.9 Å². The number of aromatic hydroxyl groups is 5. The summed E-state index contributed by atoms with van der Waals surface area (Å²) in [5.74, 6) is 0.399. The lowest BCUT2D eigenvalue weighted by atomic mass is 9.32. The summed E-state index contributed by atoms with van der Waals surface area (Å²) in [5.41, 5.74) is 8.15. The lowest BCUT2D eigenvalue weighted by molar-refractivity contribution is -0.196. The van der Waals surface area contributed by atoms with Gasteiger partial charge in [-0.25, -0.2) is 0 Å². The molecule has 324 valence electrons. The van der Waals surface area contributed by atoms with E-state index in [-0.39, 0.29) is 68.4 Å². The van der Waals surface area contributed by atoms with Crippen LogP contribution >= 0.6 is 0 Å². The number of aliphatic hydroxyl groups excluding tert-OH is 1. The summed E-state index contributed by atoms with van der Waals surface area (Å²) < 4.78 is 0. The third-order valence-electron chi connectivity index (χ3n) is 18.0. The van der Waals surface area contributed by atoms with Crippen molar-refractivity contribution in [2.75, 3.05) is 6.67 Å². The van der Waals surface area contributed by atoms with Gasteiger partial charge in [0.2, 0.25) is 0 Å². The first-order valence-corrected chi connectivity index (χ1v) is 23.5. The first kappa shape index (κ1) is 39.2. The predicted octanol–water partition coefficient (Wildman–Crippen LogP) is 9.61. The molecule has 8 aliphatic rings. The average molecular weight is 844 g/mol. The number of aliphatic hydroxyl groups is 1. The normalized spacial score (nSPS) is 34.7. The Kier molecular flexibility index (Phi) is 8.91. The van der Waals surface area contributed by atoms with Crippen LogP contribution < -0.4 is 5.32 Å². The fourth-order valence-corrected chi connectivity index (χ4v) is 15.7. The molecule has 10 atom stereocenters. The van der Waals surface area contributed by atoms with E-state index < -0.39 is 6.10 Å². The zero-order valence-corrected chi connectivity index (χ0v) is 35.7. The molecule has 0 radical (unpaired) electrons. The van der Waals surface area contributed by atoms with Gasteiger partial charge < -0.3 is 36.0 Å². The lowest BCUT2D eigenvalue weighted by Gasteiger charge is -2.72. The highest BCUT2D eigenvalue weighted by atomic mass is 16.3. The summed E-state index contributed by atoms with van der Waals surface area (Å²) in [6.07, 6.45) is 26.4. The lowest BCUT2D eigenvalue weighted by Crippen LogP contribution is -2.76. The Balaban J connectivity index is 0.902. The number of nitrogens with zero attached hydrogens (tertiary/aromatic N) is 2. The molecule has 2 aliphatic heterocycles. The Labute approximate surface area is 368 Å². The molecule has 4 fully saturated rings. The molecule has 12 rings (SSSR count). The monoisotopic (exact) mass is 843 g/mol. The van der Waals surface area contributed by atoms with Crippen LogP contribution in [-0.4, -0.2) is 61.4 Å². The van der Waals surface area contributed by atoms with Crippen molar-refractivity contribution < 1.29 is 30.6 Å². The van der Waals surface area contributed by atoms with Crippen molar-refractivity contribution in [2.24, 2.45) is 49.9 Å². The number of phenols is 5. The Morgan fingerprint density at radius 3 is 2.56 bits per heavy atom. The van der Waals surface area contributed by atoms with Gasteiger partial charge in [0.05, 0.1) is 23.2 Å². The molecule has 4 aromatic carbocycles. The Morgan fingerprint density at radius 1 is 0.810 bits per heavy atom. The molecule has 0 amide bonds. The number of nitrogens with one attached hydrogen (secondary N) is 1. The van der Waals surface area contributed by atoms with Crippen molar-refractivity contribution in [3.8, 4) is 28.7 Å². The van der Waals surface area contributed by atoms with E-state index in [2.05, 4.69) is 48.0 Å². The molecule has 4 saturated carbocycles. The van der Waals surface area contributed by atoms with Crippen molar-refractivity contribution in [2.45, 2.75) is 102 Å². The zero-order chi connectivity index (χ0) is 42.8. The standard InChI is InChI=1S/C54H57N3O6/c58-41-18-11-31(25-44(41)61)9-16-38-39-6-1-7-42(59)46(39)49(63)48(62)40(38)17-10-30-8-15-37-32(24-30)12-13-33-26-34-27-36-5-3-21-53(36)23-22-52-20-2-4-35(52)14-19-43(60)50(52)54(53,45-28-55-29-56-45)51(34)57-47(33)37/h1,6-9,11,14-16,18-19,24-26,28,34-36,43,47,50-51,57-63H,2-5,10,12-13,17,20-23,27,29H2. The van der Waals surface area contributed by atoms with Gasteiger partial charge in [-0.3, -0.25) is 9.98 Å². The maximum Gasteiger partial charge on any atom is 0.169 e. The minimum Gasteiger partial charge on any atom is -0.507 e. The van der Waals surface area contributed by atoms with Gasteiger partial charge in [-0.2, -0.15) is 0 Å². The van der Waals surface area contributed by atoms with E-state index in [4.69, 9.17) is 9.98 Å². The van der Waals surface area contributed by atoms with E-state index in [1.165, 1.54) is 92.7 Å². The fraction of sp³-hybridized carbons (Fsp3) is 0.444. The molecule has 63 heavy (non-hydrogen) atoms. The van der Waals surface area contributed by atoms with Crippen LogP contribution in [0.15, 0.2) is 88.4 Å². The average Bonchev–Trinajstić information content (AvgIpc) is 4.07. The maximum atomic E-state index is 12.5. The van der Waals surface area contributed by atoms with Crippen molar-refractivity contribution in [3.63, 3.8) is 0 Å². The van der Waals surface area contributed by atoms with E-state index in [1.54, 1.807) is 18.2 Å². The number of fused-ring (bicyclic) bond motifs is 7. The molecule has 2 spiro atoms. The van der Waals surface area contributed by atoms with E-state index in [1.807, 2.05) is 12.1 Å². The highest BCUT2D eigenvalue weighted by molar-refractivity contribution is 6.34. The molecule has 9 heteroatoms. The SMILES string of the molecule is Oc1ccc(C=Cc2c(CCc3ccc4c(c3)CCC3=CC5CC6CCCC67CCC68CCCC6C=CC(O)C8C7(C6=NCN=C6)C5NC34)c(O)c(O)c3c(O)cccc23)cc1O. The van der Waals surface area contributed by atoms with Crippen LogP contribution in [0.3, 0.4) is 0 Å². The predicted molar refractivity (Wildman–Crippen MR) is 246 cm³/mol. The second-order valence-corrected chi connectivity index (χ2v) is 20.3. The largest absolute Gasteiger partial charge is 0.507 e. The number of aryl methyl sites for hydroxylation is 2. The van der Waals surface area contributed by atoms with Crippen LogP contribution in [0.4, 0.5) is 0 Å². The van der Waals surface area contributed by atoms with Crippen LogP contribution in [0.25, 0.3) is 22.9 Å². The van der Waals surface area contributed by atoms with Crippen LogP contribution in [0, 0.1) is 39.9 Å². The van der Waals surface area contributed by atoms with Gasteiger partial charge in [0.15, 0.2) is 23.0 Å². The molecule has 10 unspecified atom stereocenters. The third-order valence-corrected chi connectivity index (χ3v) is 18.0. The van der Waals surface area contributed by atoms with E-state index in [0.717, 1.165) is 24.1 Å². The van der Waals surface area contributed by atoms with Crippen LogP contribution in [-0.2, 0) is 19.3 Å². The van der Waals surface area contributed by atoms with E-state index in [9.17, 15) is 30.6 Å². The zero-order valence-electron chi connectivity index (χ0n) is 35.7. The molecule has 4 aromatic rings. The van der Waals surface area contributed by atoms with E-state index >= 15 is 0 Å². The third kappa shape index (κ3) is 5.48.